The topological polar surface area (TPSA) is 94.3 Å². The third-order valence-electron chi connectivity index (χ3n) is 6.18. The minimum Gasteiger partial charge on any atom is -0.487 e. The highest BCUT2D eigenvalue weighted by molar-refractivity contribution is 6.31. The van der Waals surface area contributed by atoms with Crippen molar-refractivity contribution in [2.75, 3.05) is 39.4 Å². The molecule has 4 rings (SSSR count). The predicted molar refractivity (Wildman–Crippen MR) is 150 cm³/mol. The van der Waals surface area contributed by atoms with Crippen LogP contribution in [0.25, 0.3) is 10.9 Å². The fraction of sp³-hybridized carbons (Fsp3) is 0.483. The smallest absolute Gasteiger partial charge is 0.410 e. The Labute approximate surface area is 233 Å². The molecule has 0 atom stereocenters. The van der Waals surface area contributed by atoms with Gasteiger partial charge in [-0.2, -0.15) is 0 Å². The van der Waals surface area contributed by atoms with E-state index in [1.165, 1.54) is 12.3 Å². The fourth-order valence-corrected chi connectivity index (χ4v) is 4.32. The molecule has 0 saturated carbocycles. The maximum atomic E-state index is 12.5. The number of hydrogen-bond acceptors (Lipinski definition) is 8. The van der Waals surface area contributed by atoms with Crippen LogP contribution in [0.1, 0.15) is 45.8 Å². The van der Waals surface area contributed by atoms with Gasteiger partial charge in [-0.25, -0.2) is 9.78 Å². The number of hydrogen-bond donors (Lipinski definition) is 0. The lowest BCUT2D eigenvalue weighted by Crippen LogP contribution is -2.49. The van der Waals surface area contributed by atoms with E-state index >= 15 is 0 Å². The van der Waals surface area contributed by atoms with E-state index in [1.54, 1.807) is 4.90 Å². The normalized spacial score (nSPS) is 14.4. The zero-order valence-corrected chi connectivity index (χ0v) is 23.5. The van der Waals surface area contributed by atoms with Crippen LogP contribution in [0.2, 0.25) is 5.02 Å². The van der Waals surface area contributed by atoms with Gasteiger partial charge in [-0.1, -0.05) is 17.7 Å². The number of piperazine rings is 1. The van der Waals surface area contributed by atoms with E-state index in [-0.39, 0.29) is 17.3 Å². The number of fused-ring (bicyclic) bond motifs is 1. The Morgan fingerprint density at radius 3 is 2.44 bits per heavy atom. The van der Waals surface area contributed by atoms with Gasteiger partial charge in [0.05, 0.1) is 25.3 Å². The number of pyridine rings is 1. The lowest BCUT2D eigenvalue weighted by atomic mass is 10.2. The summed E-state index contributed by atoms with van der Waals surface area (Å²) in [4.78, 5) is 33.0. The van der Waals surface area contributed by atoms with Gasteiger partial charge in [-0.3, -0.25) is 9.69 Å². The van der Waals surface area contributed by atoms with Gasteiger partial charge in [-0.05, 0) is 58.2 Å². The number of ether oxygens (including phenoxy) is 3. The Kier molecular flexibility index (Phi) is 9.69. The molecule has 1 aliphatic rings. The lowest BCUT2D eigenvalue weighted by molar-refractivity contribution is 0.0134. The van der Waals surface area contributed by atoms with Crippen LogP contribution in [0.3, 0.4) is 0 Å². The van der Waals surface area contributed by atoms with Crippen molar-refractivity contribution in [2.45, 2.75) is 52.2 Å². The zero-order valence-electron chi connectivity index (χ0n) is 22.8. The molecule has 0 unspecified atom stereocenters. The maximum Gasteiger partial charge on any atom is 0.410 e. The highest BCUT2D eigenvalue weighted by atomic mass is 35.5. The highest BCUT2D eigenvalue weighted by Crippen LogP contribution is 2.21. The third kappa shape index (κ3) is 8.86. The van der Waals surface area contributed by atoms with Crippen LogP contribution in [-0.4, -0.2) is 65.9 Å². The van der Waals surface area contributed by atoms with Crippen LogP contribution < -0.4 is 14.9 Å². The van der Waals surface area contributed by atoms with E-state index in [2.05, 4.69) is 9.88 Å². The van der Waals surface area contributed by atoms with E-state index in [9.17, 15) is 9.59 Å². The van der Waals surface area contributed by atoms with Crippen molar-refractivity contribution in [1.82, 2.24) is 14.8 Å². The Hall–Kier alpha value is -3.30. The number of rotatable bonds is 10. The molecular formula is C29H36ClN3O6. The zero-order chi connectivity index (χ0) is 27.8. The van der Waals surface area contributed by atoms with Gasteiger partial charge in [0.2, 0.25) is 17.1 Å². The summed E-state index contributed by atoms with van der Waals surface area (Å²) >= 11 is 6.04. The van der Waals surface area contributed by atoms with E-state index < -0.39 is 5.60 Å². The van der Waals surface area contributed by atoms with E-state index in [0.29, 0.717) is 62.6 Å². The molecule has 1 amide bonds. The summed E-state index contributed by atoms with van der Waals surface area (Å²) in [5, 5.41) is 1.66. The van der Waals surface area contributed by atoms with E-state index in [1.807, 2.05) is 51.1 Å². The first-order chi connectivity index (χ1) is 18.7. The van der Waals surface area contributed by atoms with Gasteiger partial charge in [0.15, 0.2) is 0 Å². The molecular weight excluding hydrogens is 522 g/mol. The van der Waals surface area contributed by atoms with Crippen LogP contribution >= 0.6 is 11.6 Å². The molecule has 3 heterocycles. The van der Waals surface area contributed by atoms with Crippen molar-refractivity contribution < 1.29 is 23.4 Å². The average molecular weight is 558 g/mol. The van der Waals surface area contributed by atoms with Crippen LogP contribution in [0.4, 0.5) is 4.79 Å². The minimum atomic E-state index is -0.512. The van der Waals surface area contributed by atoms with Crippen molar-refractivity contribution in [2.24, 2.45) is 0 Å². The first-order valence-electron chi connectivity index (χ1n) is 13.3. The molecule has 39 heavy (non-hydrogen) atoms. The van der Waals surface area contributed by atoms with Crippen molar-refractivity contribution in [3.63, 3.8) is 0 Å². The lowest BCUT2D eigenvalue weighted by Gasteiger charge is -2.35. The second-order valence-corrected chi connectivity index (χ2v) is 11.0. The predicted octanol–water partition coefficient (Wildman–Crippen LogP) is 5.52. The molecule has 9 nitrogen and oxygen atoms in total. The molecule has 3 aromatic rings. The van der Waals surface area contributed by atoms with Gasteiger partial charge in [0.25, 0.3) is 0 Å². The third-order valence-corrected chi connectivity index (χ3v) is 6.42. The van der Waals surface area contributed by atoms with Gasteiger partial charge < -0.3 is 23.5 Å². The largest absolute Gasteiger partial charge is 0.487 e. The Morgan fingerprint density at radius 1 is 1.00 bits per heavy atom. The van der Waals surface area contributed by atoms with Crippen LogP contribution in [-0.2, 0) is 11.3 Å². The van der Waals surface area contributed by atoms with Crippen LogP contribution in [0.5, 0.6) is 11.6 Å². The molecule has 10 heteroatoms. The number of aromatic nitrogens is 1. The average Bonchev–Trinajstić information content (AvgIpc) is 2.88. The summed E-state index contributed by atoms with van der Waals surface area (Å²) in [6.45, 7) is 9.52. The summed E-state index contributed by atoms with van der Waals surface area (Å²) in [7, 11) is 0. The highest BCUT2D eigenvalue weighted by Gasteiger charge is 2.26. The Morgan fingerprint density at radius 2 is 1.72 bits per heavy atom. The quantitative estimate of drug-likeness (QED) is 0.301. The van der Waals surface area contributed by atoms with Gasteiger partial charge >= 0.3 is 6.09 Å². The molecule has 0 radical (unpaired) electrons. The number of amides is 1. The van der Waals surface area contributed by atoms with Gasteiger partial charge in [-0.15, -0.1) is 0 Å². The summed E-state index contributed by atoms with van der Waals surface area (Å²) in [5.74, 6) is 1.35. The monoisotopic (exact) mass is 557 g/mol. The molecule has 1 aliphatic heterocycles. The van der Waals surface area contributed by atoms with E-state index in [0.717, 1.165) is 30.2 Å². The van der Waals surface area contributed by atoms with Crippen LogP contribution in [0, 0.1) is 0 Å². The second-order valence-electron chi connectivity index (χ2n) is 10.6. The van der Waals surface area contributed by atoms with Crippen LogP contribution in [0.15, 0.2) is 51.9 Å². The number of carbonyl (C=O) groups is 1. The number of carbonyl (C=O) groups excluding carboxylic acids is 1. The van der Waals surface area contributed by atoms with Gasteiger partial charge in [0.1, 0.15) is 17.6 Å². The Bertz CT molecular complexity index is 1310. The van der Waals surface area contributed by atoms with Crippen molar-refractivity contribution in [1.29, 1.82) is 0 Å². The molecule has 0 aliphatic carbocycles. The summed E-state index contributed by atoms with van der Waals surface area (Å²) in [6, 6.07) is 10.9. The van der Waals surface area contributed by atoms with Crippen molar-refractivity contribution in [3.05, 3.63) is 63.7 Å². The first kappa shape index (κ1) is 28.7. The summed E-state index contributed by atoms with van der Waals surface area (Å²) in [5.41, 5.74) is 0.0931. The van der Waals surface area contributed by atoms with Crippen molar-refractivity contribution in [3.8, 4) is 11.6 Å². The number of halogens is 1. The summed E-state index contributed by atoms with van der Waals surface area (Å²) in [6.07, 6.45) is 3.60. The molecule has 1 saturated heterocycles. The molecule has 0 N–H and O–H groups in total. The number of nitrogens with zero attached hydrogens (tertiary/aromatic N) is 3. The second kappa shape index (κ2) is 13.2. The van der Waals surface area contributed by atoms with Crippen molar-refractivity contribution >= 4 is 28.6 Å². The molecule has 0 bridgehead atoms. The molecule has 1 fully saturated rings. The first-order valence-corrected chi connectivity index (χ1v) is 13.7. The van der Waals surface area contributed by atoms with E-state index in [4.69, 9.17) is 30.2 Å². The number of benzene rings is 1. The minimum absolute atomic E-state index is 0.200. The summed E-state index contributed by atoms with van der Waals surface area (Å²) < 4.78 is 22.5. The van der Waals surface area contributed by atoms with Gasteiger partial charge in [0, 0.05) is 48.7 Å². The number of unbranched alkanes of at least 4 members (excludes halogenated alkanes) is 2. The maximum absolute atomic E-state index is 12.5. The molecule has 2 aromatic heterocycles. The SMILES string of the molecule is CC(C)(C)OC(=O)N1CCN(Cc2cc(=O)c(OCCCCCOc3ccc4ccc(Cl)cc4n3)co2)CC1. The Balaban J connectivity index is 1.12. The molecule has 210 valence electrons. The molecule has 1 aromatic carbocycles. The standard InChI is InChI=1S/C29H36ClN3O6/c1-29(2,3)39-28(35)33-13-11-32(12-14-33)19-23-18-25(34)26(20-38-23)36-15-5-4-6-16-37-27-10-8-21-7-9-22(30)17-24(21)31-27/h7-10,17-18,20H,4-6,11-16,19H2,1-3H3. The fourth-order valence-electron chi connectivity index (χ4n) is 4.15. The molecule has 0 spiro atoms.